The summed E-state index contributed by atoms with van der Waals surface area (Å²) >= 11 is 6.01. The second-order valence-electron chi connectivity index (χ2n) is 5.56. The number of ether oxygens (including phenoxy) is 1. The zero-order chi connectivity index (χ0) is 17.7. The lowest BCUT2D eigenvalue weighted by molar-refractivity contribution is -0.115. The highest BCUT2D eigenvalue weighted by Crippen LogP contribution is 2.22. The van der Waals surface area contributed by atoms with Crippen molar-refractivity contribution in [2.75, 3.05) is 11.9 Å². The standard InChI is InChI=1S/C19H20ClNO3/c1-4-24-19(23)16-11-15(7-8-17(16)20)21-18(22)10-14-6-5-12(2)13(3)9-14/h5-9,11H,4,10H2,1-3H3,(H,21,22). The predicted octanol–water partition coefficient (Wildman–Crippen LogP) is 4.31. The first kappa shape index (κ1) is 18.0. The van der Waals surface area contributed by atoms with Gasteiger partial charge in [-0.15, -0.1) is 0 Å². The molecule has 0 saturated heterocycles. The van der Waals surface area contributed by atoms with Crippen LogP contribution in [0, 0.1) is 13.8 Å². The summed E-state index contributed by atoms with van der Waals surface area (Å²) in [4.78, 5) is 24.1. The fourth-order valence-corrected chi connectivity index (χ4v) is 2.47. The van der Waals surface area contributed by atoms with Crippen molar-refractivity contribution >= 4 is 29.2 Å². The number of benzene rings is 2. The van der Waals surface area contributed by atoms with E-state index in [4.69, 9.17) is 16.3 Å². The number of carbonyl (C=O) groups is 2. The number of nitrogens with one attached hydrogen (secondary N) is 1. The third-order valence-electron chi connectivity index (χ3n) is 3.68. The number of anilines is 1. The molecule has 0 atom stereocenters. The van der Waals surface area contributed by atoms with Gasteiger partial charge in [-0.3, -0.25) is 4.79 Å². The molecule has 0 fully saturated rings. The molecule has 4 nitrogen and oxygen atoms in total. The molecule has 0 aliphatic carbocycles. The van der Waals surface area contributed by atoms with Crippen LogP contribution in [-0.2, 0) is 16.0 Å². The van der Waals surface area contributed by atoms with Crippen molar-refractivity contribution in [1.82, 2.24) is 0 Å². The van der Waals surface area contributed by atoms with Crippen molar-refractivity contribution in [3.63, 3.8) is 0 Å². The maximum absolute atomic E-state index is 12.2. The minimum absolute atomic E-state index is 0.157. The van der Waals surface area contributed by atoms with Gasteiger partial charge in [0.25, 0.3) is 0 Å². The van der Waals surface area contributed by atoms with E-state index in [0.29, 0.717) is 10.7 Å². The van der Waals surface area contributed by atoms with E-state index in [1.54, 1.807) is 19.1 Å². The number of halogens is 1. The summed E-state index contributed by atoms with van der Waals surface area (Å²) in [6.07, 6.45) is 0.262. The number of amides is 1. The van der Waals surface area contributed by atoms with Gasteiger partial charge in [0.05, 0.1) is 23.6 Å². The van der Waals surface area contributed by atoms with Gasteiger partial charge in [-0.05, 0) is 55.7 Å². The molecular formula is C19H20ClNO3. The summed E-state index contributed by atoms with van der Waals surface area (Å²) in [6.45, 7) is 6.03. The molecule has 0 radical (unpaired) electrons. The molecule has 0 aliphatic heterocycles. The highest BCUT2D eigenvalue weighted by atomic mass is 35.5. The smallest absolute Gasteiger partial charge is 0.339 e. The van der Waals surface area contributed by atoms with Crippen molar-refractivity contribution in [1.29, 1.82) is 0 Å². The average molecular weight is 346 g/mol. The van der Waals surface area contributed by atoms with Gasteiger partial charge in [-0.2, -0.15) is 0 Å². The minimum atomic E-state index is -0.507. The molecule has 24 heavy (non-hydrogen) atoms. The fourth-order valence-electron chi connectivity index (χ4n) is 2.27. The third-order valence-corrected chi connectivity index (χ3v) is 4.01. The van der Waals surface area contributed by atoms with Gasteiger partial charge < -0.3 is 10.1 Å². The minimum Gasteiger partial charge on any atom is -0.462 e. The molecule has 2 aromatic rings. The van der Waals surface area contributed by atoms with Crippen LogP contribution in [0.4, 0.5) is 5.69 Å². The van der Waals surface area contributed by atoms with Crippen molar-refractivity contribution in [2.24, 2.45) is 0 Å². The Balaban J connectivity index is 2.09. The van der Waals surface area contributed by atoms with E-state index >= 15 is 0 Å². The quantitative estimate of drug-likeness (QED) is 0.821. The molecule has 1 N–H and O–H groups in total. The Morgan fingerprint density at radius 1 is 1.08 bits per heavy atom. The SMILES string of the molecule is CCOC(=O)c1cc(NC(=O)Cc2ccc(C)c(C)c2)ccc1Cl. The number of carbonyl (C=O) groups excluding carboxylic acids is 2. The van der Waals surface area contributed by atoms with E-state index in [1.165, 1.54) is 11.6 Å². The Bertz CT molecular complexity index is 771. The monoisotopic (exact) mass is 345 g/mol. The summed E-state index contributed by atoms with van der Waals surface area (Å²) in [7, 11) is 0. The van der Waals surface area contributed by atoms with E-state index < -0.39 is 5.97 Å². The lowest BCUT2D eigenvalue weighted by atomic mass is 10.0. The lowest BCUT2D eigenvalue weighted by Crippen LogP contribution is -2.15. The Labute approximate surface area is 146 Å². The summed E-state index contributed by atoms with van der Waals surface area (Å²) in [5, 5.41) is 3.08. The second kappa shape index (κ2) is 7.97. The number of hydrogen-bond acceptors (Lipinski definition) is 3. The Morgan fingerprint density at radius 2 is 1.83 bits per heavy atom. The number of rotatable bonds is 5. The van der Waals surface area contributed by atoms with Crippen LogP contribution in [0.1, 0.15) is 34.0 Å². The molecule has 0 spiro atoms. The molecule has 0 unspecified atom stereocenters. The van der Waals surface area contributed by atoms with Crippen LogP contribution in [0.2, 0.25) is 5.02 Å². The van der Waals surface area contributed by atoms with Crippen LogP contribution >= 0.6 is 11.6 Å². The molecule has 5 heteroatoms. The van der Waals surface area contributed by atoms with Gasteiger partial charge in [0.2, 0.25) is 5.91 Å². The van der Waals surface area contributed by atoms with Gasteiger partial charge in [0.15, 0.2) is 0 Å². The van der Waals surface area contributed by atoms with Crippen LogP contribution in [0.15, 0.2) is 36.4 Å². The van der Waals surface area contributed by atoms with Gasteiger partial charge in [-0.1, -0.05) is 29.8 Å². The van der Waals surface area contributed by atoms with Crippen LogP contribution in [0.25, 0.3) is 0 Å². The maximum Gasteiger partial charge on any atom is 0.339 e. The predicted molar refractivity (Wildman–Crippen MR) is 95.7 cm³/mol. The largest absolute Gasteiger partial charge is 0.462 e. The van der Waals surface area contributed by atoms with Crippen molar-refractivity contribution in [3.8, 4) is 0 Å². The lowest BCUT2D eigenvalue weighted by Gasteiger charge is -2.09. The average Bonchev–Trinajstić information content (AvgIpc) is 2.53. The molecule has 0 heterocycles. The fraction of sp³-hybridized carbons (Fsp3) is 0.263. The normalized spacial score (nSPS) is 10.3. The Morgan fingerprint density at radius 3 is 2.50 bits per heavy atom. The van der Waals surface area contributed by atoms with Crippen molar-refractivity contribution in [2.45, 2.75) is 27.2 Å². The molecule has 2 rings (SSSR count). The second-order valence-corrected chi connectivity index (χ2v) is 5.97. The van der Waals surface area contributed by atoms with Crippen LogP contribution in [0.5, 0.6) is 0 Å². The Kier molecular flexibility index (Phi) is 5.99. The number of esters is 1. The van der Waals surface area contributed by atoms with Crippen molar-refractivity contribution < 1.29 is 14.3 Å². The summed E-state index contributed by atoms with van der Waals surface area (Å²) in [5.74, 6) is -0.664. The summed E-state index contributed by atoms with van der Waals surface area (Å²) < 4.78 is 4.95. The van der Waals surface area contributed by atoms with E-state index in [1.807, 2.05) is 32.0 Å². The molecule has 0 bridgehead atoms. The molecule has 0 aromatic heterocycles. The number of aryl methyl sites for hydroxylation is 2. The van der Waals surface area contributed by atoms with E-state index in [0.717, 1.165) is 11.1 Å². The van der Waals surface area contributed by atoms with Gasteiger partial charge >= 0.3 is 5.97 Å². The van der Waals surface area contributed by atoms with Crippen LogP contribution in [0.3, 0.4) is 0 Å². The van der Waals surface area contributed by atoms with Crippen LogP contribution in [-0.4, -0.2) is 18.5 Å². The first-order chi connectivity index (χ1) is 11.4. The van der Waals surface area contributed by atoms with Crippen molar-refractivity contribution in [3.05, 3.63) is 63.7 Å². The van der Waals surface area contributed by atoms with Crippen LogP contribution < -0.4 is 5.32 Å². The first-order valence-electron chi connectivity index (χ1n) is 7.73. The zero-order valence-corrected chi connectivity index (χ0v) is 14.7. The molecular weight excluding hydrogens is 326 g/mol. The molecule has 2 aromatic carbocycles. The Hall–Kier alpha value is -2.33. The molecule has 0 aliphatic rings. The maximum atomic E-state index is 12.2. The summed E-state index contributed by atoms with van der Waals surface area (Å²) in [5.41, 5.74) is 4.03. The number of hydrogen-bond donors (Lipinski definition) is 1. The first-order valence-corrected chi connectivity index (χ1v) is 8.11. The molecule has 1 amide bonds. The third kappa shape index (κ3) is 4.59. The molecule has 0 saturated carbocycles. The van der Waals surface area contributed by atoms with Gasteiger partial charge in [0.1, 0.15) is 0 Å². The highest BCUT2D eigenvalue weighted by molar-refractivity contribution is 6.33. The van der Waals surface area contributed by atoms with E-state index in [2.05, 4.69) is 5.32 Å². The van der Waals surface area contributed by atoms with E-state index in [9.17, 15) is 9.59 Å². The highest BCUT2D eigenvalue weighted by Gasteiger charge is 2.13. The zero-order valence-electron chi connectivity index (χ0n) is 14.0. The van der Waals surface area contributed by atoms with Gasteiger partial charge in [0, 0.05) is 5.69 Å². The van der Waals surface area contributed by atoms with E-state index in [-0.39, 0.29) is 24.5 Å². The topological polar surface area (TPSA) is 55.4 Å². The summed E-state index contributed by atoms with van der Waals surface area (Å²) in [6, 6.07) is 10.7. The van der Waals surface area contributed by atoms with Gasteiger partial charge in [-0.25, -0.2) is 4.79 Å². The molecule has 126 valence electrons.